The molecule has 3 heterocycles. The summed E-state index contributed by atoms with van der Waals surface area (Å²) in [6.45, 7) is 5.64. The standard InChI is InChI=1S/C13H17N5O/c1-9-14-6-5-12(15-9)18-7-3-4-11(8-18)13-16-10(2)17-19-13/h5-6,11H,3-4,7-8H2,1-2H3/t11-/m1/s1. The maximum Gasteiger partial charge on any atom is 0.231 e. The van der Waals surface area contributed by atoms with Crippen molar-refractivity contribution in [2.75, 3.05) is 18.0 Å². The molecule has 0 amide bonds. The zero-order chi connectivity index (χ0) is 13.2. The largest absolute Gasteiger partial charge is 0.356 e. The van der Waals surface area contributed by atoms with Gasteiger partial charge in [0.05, 0.1) is 5.92 Å². The van der Waals surface area contributed by atoms with Crippen LogP contribution in [0.3, 0.4) is 0 Å². The van der Waals surface area contributed by atoms with Gasteiger partial charge in [0.25, 0.3) is 0 Å². The lowest BCUT2D eigenvalue weighted by atomic mass is 9.98. The molecule has 1 atom stereocenters. The molecule has 0 aliphatic carbocycles. The molecular weight excluding hydrogens is 242 g/mol. The summed E-state index contributed by atoms with van der Waals surface area (Å²) < 4.78 is 5.29. The number of hydrogen-bond acceptors (Lipinski definition) is 6. The van der Waals surface area contributed by atoms with Crippen molar-refractivity contribution in [3.05, 3.63) is 29.8 Å². The first-order valence-electron chi connectivity index (χ1n) is 6.57. The van der Waals surface area contributed by atoms with E-state index in [-0.39, 0.29) is 0 Å². The molecular formula is C13H17N5O. The fourth-order valence-corrected chi connectivity index (χ4v) is 2.49. The van der Waals surface area contributed by atoms with Gasteiger partial charge in [0.2, 0.25) is 5.89 Å². The lowest BCUT2D eigenvalue weighted by Gasteiger charge is -2.31. The van der Waals surface area contributed by atoms with Crippen molar-refractivity contribution in [3.8, 4) is 0 Å². The molecule has 2 aromatic rings. The zero-order valence-corrected chi connectivity index (χ0v) is 11.2. The summed E-state index contributed by atoms with van der Waals surface area (Å²) >= 11 is 0. The number of aryl methyl sites for hydroxylation is 2. The second-order valence-corrected chi connectivity index (χ2v) is 4.93. The van der Waals surface area contributed by atoms with Gasteiger partial charge in [-0.3, -0.25) is 0 Å². The van der Waals surface area contributed by atoms with Gasteiger partial charge in [-0.2, -0.15) is 4.98 Å². The molecule has 0 bridgehead atoms. The molecule has 0 unspecified atom stereocenters. The lowest BCUT2D eigenvalue weighted by molar-refractivity contribution is 0.331. The van der Waals surface area contributed by atoms with E-state index in [2.05, 4.69) is 25.0 Å². The molecule has 1 aliphatic heterocycles. The van der Waals surface area contributed by atoms with Crippen LogP contribution in [0.15, 0.2) is 16.8 Å². The third-order valence-electron chi connectivity index (χ3n) is 3.40. The molecule has 0 N–H and O–H groups in total. The van der Waals surface area contributed by atoms with Gasteiger partial charge in [0.1, 0.15) is 11.6 Å². The minimum atomic E-state index is 0.297. The van der Waals surface area contributed by atoms with Gasteiger partial charge in [-0.05, 0) is 32.8 Å². The van der Waals surface area contributed by atoms with Crippen molar-refractivity contribution in [3.63, 3.8) is 0 Å². The Labute approximate surface area is 111 Å². The Morgan fingerprint density at radius 3 is 2.89 bits per heavy atom. The van der Waals surface area contributed by atoms with Crippen LogP contribution in [-0.2, 0) is 0 Å². The molecule has 100 valence electrons. The third-order valence-corrected chi connectivity index (χ3v) is 3.40. The fourth-order valence-electron chi connectivity index (χ4n) is 2.49. The van der Waals surface area contributed by atoms with Gasteiger partial charge in [-0.25, -0.2) is 9.97 Å². The predicted octanol–water partition coefficient (Wildman–Crippen LogP) is 1.86. The van der Waals surface area contributed by atoms with E-state index in [0.717, 1.165) is 43.5 Å². The van der Waals surface area contributed by atoms with Crippen LogP contribution >= 0.6 is 0 Å². The molecule has 0 spiro atoms. The number of anilines is 1. The van der Waals surface area contributed by atoms with Gasteiger partial charge in [0, 0.05) is 19.3 Å². The number of aromatic nitrogens is 4. The van der Waals surface area contributed by atoms with E-state index in [1.54, 1.807) is 6.20 Å². The molecule has 1 saturated heterocycles. The van der Waals surface area contributed by atoms with Crippen LogP contribution in [0.4, 0.5) is 5.82 Å². The molecule has 19 heavy (non-hydrogen) atoms. The van der Waals surface area contributed by atoms with E-state index in [0.29, 0.717) is 11.7 Å². The maximum atomic E-state index is 5.29. The number of piperidine rings is 1. The van der Waals surface area contributed by atoms with Crippen LogP contribution < -0.4 is 4.90 Å². The Balaban J connectivity index is 1.78. The summed E-state index contributed by atoms with van der Waals surface area (Å²) in [6, 6.07) is 1.95. The van der Waals surface area contributed by atoms with Gasteiger partial charge in [0.15, 0.2) is 5.82 Å². The van der Waals surface area contributed by atoms with Crippen molar-refractivity contribution in [1.82, 2.24) is 20.1 Å². The van der Waals surface area contributed by atoms with Crippen LogP contribution in [0.1, 0.15) is 36.3 Å². The summed E-state index contributed by atoms with van der Waals surface area (Å²) in [5, 5.41) is 3.87. The van der Waals surface area contributed by atoms with Gasteiger partial charge in [-0.1, -0.05) is 5.16 Å². The molecule has 1 aliphatic rings. The Bertz CT molecular complexity index is 568. The minimum Gasteiger partial charge on any atom is -0.356 e. The second-order valence-electron chi connectivity index (χ2n) is 4.93. The third kappa shape index (κ3) is 2.57. The topological polar surface area (TPSA) is 67.9 Å². The molecule has 0 radical (unpaired) electrons. The van der Waals surface area contributed by atoms with Gasteiger partial charge in [-0.15, -0.1) is 0 Å². The zero-order valence-electron chi connectivity index (χ0n) is 11.2. The van der Waals surface area contributed by atoms with Crippen LogP contribution in [0.5, 0.6) is 0 Å². The van der Waals surface area contributed by atoms with Crippen molar-refractivity contribution >= 4 is 5.82 Å². The summed E-state index contributed by atoms with van der Waals surface area (Å²) in [6.07, 6.45) is 4.00. The highest BCUT2D eigenvalue weighted by Crippen LogP contribution is 2.28. The predicted molar refractivity (Wildman–Crippen MR) is 70.0 cm³/mol. The quantitative estimate of drug-likeness (QED) is 0.820. The number of hydrogen-bond donors (Lipinski definition) is 0. The highest BCUT2D eigenvalue weighted by atomic mass is 16.5. The highest BCUT2D eigenvalue weighted by Gasteiger charge is 2.26. The maximum absolute atomic E-state index is 5.29. The minimum absolute atomic E-state index is 0.297. The average Bonchev–Trinajstić information content (AvgIpc) is 2.86. The van der Waals surface area contributed by atoms with E-state index in [4.69, 9.17) is 4.52 Å². The van der Waals surface area contributed by atoms with Crippen LogP contribution in [0.25, 0.3) is 0 Å². The summed E-state index contributed by atoms with van der Waals surface area (Å²) in [4.78, 5) is 15.2. The first kappa shape index (κ1) is 12.1. The monoisotopic (exact) mass is 259 g/mol. The SMILES string of the molecule is Cc1nccc(N2CCC[C@@H](c3nc(C)no3)C2)n1. The Morgan fingerprint density at radius 1 is 1.26 bits per heavy atom. The van der Waals surface area contributed by atoms with Crippen molar-refractivity contribution in [1.29, 1.82) is 0 Å². The molecule has 0 saturated carbocycles. The normalized spacial score (nSPS) is 19.7. The molecule has 6 heteroatoms. The Morgan fingerprint density at radius 2 is 2.16 bits per heavy atom. The van der Waals surface area contributed by atoms with E-state index >= 15 is 0 Å². The van der Waals surface area contributed by atoms with Crippen molar-refractivity contribution < 1.29 is 4.52 Å². The lowest BCUT2D eigenvalue weighted by Crippen LogP contribution is -2.35. The average molecular weight is 259 g/mol. The molecule has 0 aromatic carbocycles. The molecule has 1 fully saturated rings. The molecule has 2 aromatic heterocycles. The van der Waals surface area contributed by atoms with Crippen LogP contribution in [-0.4, -0.2) is 33.2 Å². The molecule has 6 nitrogen and oxygen atoms in total. The molecule has 3 rings (SSSR count). The van der Waals surface area contributed by atoms with Gasteiger partial charge >= 0.3 is 0 Å². The van der Waals surface area contributed by atoms with E-state index in [9.17, 15) is 0 Å². The van der Waals surface area contributed by atoms with E-state index in [1.807, 2.05) is 19.9 Å². The van der Waals surface area contributed by atoms with E-state index < -0.39 is 0 Å². The smallest absolute Gasteiger partial charge is 0.231 e. The fraction of sp³-hybridized carbons (Fsp3) is 0.538. The second kappa shape index (κ2) is 4.95. The first-order chi connectivity index (χ1) is 9.22. The van der Waals surface area contributed by atoms with E-state index in [1.165, 1.54) is 0 Å². The van der Waals surface area contributed by atoms with Crippen molar-refractivity contribution in [2.24, 2.45) is 0 Å². The van der Waals surface area contributed by atoms with Crippen LogP contribution in [0.2, 0.25) is 0 Å². The Kier molecular flexibility index (Phi) is 3.15. The highest BCUT2D eigenvalue weighted by molar-refractivity contribution is 5.38. The number of rotatable bonds is 2. The summed E-state index contributed by atoms with van der Waals surface area (Å²) in [5.41, 5.74) is 0. The van der Waals surface area contributed by atoms with Gasteiger partial charge < -0.3 is 9.42 Å². The summed E-state index contributed by atoms with van der Waals surface area (Å²) in [5.74, 6) is 3.52. The Hall–Kier alpha value is -1.98. The first-order valence-corrected chi connectivity index (χ1v) is 6.57. The van der Waals surface area contributed by atoms with Crippen molar-refractivity contribution in [2.45, 2.75) is 32.6 Å². The summed E-state index contributed by atoms with van der Waals surface area (Å²) in [7, 11) is 0. The number of nitrogens with zero attached hydrogens (tertiary/aromatic N) is 5. The van der Waals surface area contributed by atoms with Crippen LogP contribution in [0, 0.1) is 13.8 Å².